The number of carbonyl (C=O) groups excluding carboxylic acids is 8. The van der Waals surface area contributed by atoms with Gasteiger partial charge in [-0.1, -0.05) is 87.3 Å². The van der Waals surface area contributed by atoms with Crippen molar-refractivity contribution in [3.63, 3.8) is 0 Å². The van der Waals surface area contributed by atoms with Crippen molar-refractivity contribution in [3.05, 3.63) is 35.4 Å². The minimum atomic E-state index is -2.26. The molecule has 0 amide bonds. The number of ether oxygens (including phenoxy) is 8. The summed E-state index contributed by atoms with van der Waals surface area (Å²) in [4.78, 5) is 155. The van der Waals surface area contributed by atoms with Crippen molar-refractivity contribution in [1.82, 2.24) is 0 Å². The molecule has 0 heterocycles. The van der Waals surface area contributed by atoms with Crippen LogP contribution in [-0.4, -0.2) is 238 Å². The largest absolute Gasteiger partial charge is 0.481 e. The van der Waals surface area contributed by atoms with Gasteiger partial charge in [-0.2, -0.15) is 0 Å². The van der Waals surface area contributed by atoms with Crippen LogP contribution < -0.4 is 0 Å². The van der Waals surface area contributed by atoms with Crippen molar-refractivity contribution in [2.45, 2.75) is 252 Å². The van der Waals surface area contributed by atoms with Gasteiger partial charge in [0.05, 0.1) is 57.0 Å². The fourth-order valence-corrected chi connectivity index (χ4v) is 4.19. The fourth-order valence-electron chi connectivity index (χ4n) is 4.19. The maximum absolute atomic E-state index is 11.9. The number of aliphatic hydroxyl groups excluding tert-OH is 3. The first-order chi connectivity index (χ1) is 47.6. The maximum Gasteiger partial charge on any atom is 0.339 e. The second-order valence-corrected chi connectivity index (χ2v) is 19.1. The van der Waals surface area contributed by atoms with Gasteiger partial charge in [-0.25, -0.2) is 14.4 Å². The van der Waals surface area contributed by atoms with E-state index in [0.717, 1.165) is 59.3 Å². The molecule has 0 bridgehead atoms. The Hall–Kier alpha value is -9.01. The van der Waals surface area contributed by atoms with Crippen LogP contribution in [0.15, 0.2) is 24.3 Å². The van der Waals surface area contributed by atoms with Crippen LogP contribution in [0, 0.1) is 0 Å². The Labute approximate surface area is 602 Å². The van der Waals surface area contributed by atoms with E-state index >= 15 is 0 Å². The van der Waals surface area contributed by atoms with Gasteiger partial charge in [-0.3, -0.25) is 57.5 Å². The molecule has 0 atom stereocenters. The number of benzene rings is 1. The molecule has 0 aromatic heterocycles. The SMILES string of the molecule is CC(=O)O.CC(=O)O.CC(=O)O.CC(=O)OCC(COC(C)=O)OC(C)=O.CCC(=O)O.CCC(=O)O.CCC(O)O.CCC(O)O.CCC(O)O.CCCC(=O)O.CCCC(=O)O.CCCCOC(=O)c1ccccc1C(=O)OCCCC.CCOC(=O)CC(O)(CC(=O)OCC)C(=O)OCC. The van der Waals surface area contributed by atoms with Crippen molar-refractivity contribution in [2.75, 3.05) is 46.2 Å². The quantitative estimate of drug-likeness (QED) is 0.0184. The zero-order valence-electron chi connectivity index (χ0n) is 62.8. The molecule has 0 radical (unpaired) electrons. The van der Waals surface area contributed by atoms with E-state index in [-0.39, 0.29) is 57.0 Å². The average molecular weight is 1510 g/mol. The van der Waals surface area contributed by atoms with E-state index in [4.69, 9.17) is 95.0 Å². The Morgan fingerprint density at radius 2 is 0.631 bits per heavy atom. The third-order valence-corrected chi connectivity index (χ3v) is 8.87. The summed E-state index contributed by atoms with van der Waals surface area (Å²) in [6.45, 7) is 28.4. The maximum atomic E-state index is 11.9. The van der Waals surface area contributed by atoms with E-state index in [1.165, 1.54) is 20.8 Å². The fraction of sp³-hybridized carbons (Fsp3) is 0.682. The number of carboxylic acid groups (broad SMARTS) is 7. The molecule has 0 saturated heterocycles. The first-order valence-corrected chi connectivity index (χ1v) is 32.2. The topological polar surface area (TPSA) is 613 Å². The summed E-state index contributed by atoms with van der Waals surface area (Å²) < 4.78 is 38.3. The number of unbranched alkanes of at least 4 members (excludes halogenated alkanes) is 2. The number of esters is 8. The molecule has 0 aliphatic heterocycles. The molecule has 606 valence electrons. The van der Waals surface area contributed by atoms with Crippen LogP contribution in [-0.2, 0) is 100 Å². The highest BCUT2D eigenvalue weighted by molar-refractivity contribution is 6.03. The molecule has 1 aromatic carbocycles. The van der Waals surface area contributed by atoms with Crippen LogP contribution in [0.4, 0.5) is 0 Å². The lowest BCUT2D eigenvalue weighted by molar-refractivity contribution is -0.177. The van der Waals surface area contributed by atoms with Gasteiger partial charge in [0.25, 0.3) is 17.9 Å². The lowest BCUT2D eigenvalue weighted by Crippen LogP contribution is -2.44. The summed E-state index contributed by atoms with van der Waals surface area (Å²) in [6, 6.07) is 6.59. The van der Waals surface area contributed by atoms with Crippen LogP contribution in [0.2, 0.25) is 0 Å². The number of hydrogen-bond acceptors (Lipinski definition) is 30. The number of rotatable bonds is 30. The van der Waals surface area contributed by atoms with Crippen molar-refractivity contribution in [2.24, 2.45) is 0 Å². The zero-order chi connectivity index (χ0) is 83.7. The van der Waals surface area contributed by atoms with Crippen LogP contribution in [0.1, 0.15) is 242 Å². The third kappa shape index (κ3) is 137. The number of aliphatic carboxylic acids is 7. The van der Waals surface area contributed by atoms with E-state index in [1.54, 1.807) is 79.7 Å². The molecule has 37 nitrogen and oxygen atoms in total. The number of aliphatic hydroxyl groups is 7. The van der Waals surface area contributed by atoms with E-state index in [1.807, 2.05) is 27.7 Å². The van der Waals surface area contributed by atoms with Gasteiger partial charge in [0.1, 0.15) is 13.2 Å². The highest BCUT2D eigenvalue weighted by Gasteiger charge is 2.43. The minimum Gasteiger partial charge on any atom is -0.481 e. The second-order valence-electron chi connectivity index (χ2n) is 19.1. The van der Waals surface area contributed by atoms with Gasteiger partial charge in [0, 0.05) is 67.2 Å². The lowest BCUT2D eigenvalue weighted by Gasteiger charge is -2.23. The van der Waals surface area contributed by atoms with Gasteiger partial charge in [0.15, 0.2) is 30.6 Å². The Kier molecular flexibility index (Phi) is 105. The van der Waals surface area contributed by atoms with Gasteiger partial charge in [-0.05, 0) is 77.8 Å². The molecule has 0 aliphatic carbocycles. The van der Waals surface area contributed by atoms with E-state index in [2.05, 4.69) is 23.7 Å². The minimum absolute atomic E-state index is 0.0206. The molecule has 0 aliphatic rings. The third-order valence-electron chi connectivity index (χ3n) is 8.87. The normalized spacial score (nSPS) is 9.14. The van der Waals surface area contributed by atoms with E-state index < -0.39 is 133 Å². The molecule has 0 saturated carbocycles. The van der Waals surface area contributed by atoms with Gasteiger partial charge in [-0.15, -0.1) is 0 Å². The second kappa shape index (κ2) is 89.1. The summed E-state index contributed by atoms with van der Waals surface area (Å²) in [7, 11) is 0. The van der Waals surface area contributed by atoms with Crippen LogP contribution in [0.3, 0.4) is 0 Å². The monoisotopic (exact) mass is 1500 g/mol. The van der Waals surface area contributed by atoms with Crippen LogP contribution in [0.25, 0.3) is 0 Å². The molecule has 37 heteroatoms. The van der Waals surface area contributed by atoms with E-state index in [9.17, 15) is 62.6 Å². The van der Waals surface area contributed by atoms with Crippen molar-refractivity contribution >= 4 is 89.5 Å². The summed E-state index contributed by atoms with van der Waals surface area (Å²) in [5.74, 6) is -10.5. The van der Waals surface area contributed by atoms with Gasteiger partial charge < -0.3 is 109 Å². The molecule has 0 unspecified atom stereocenters. The first kappa shape index (κ1) is 121. The Morgan fingerprint density at radius 3 is 0.796 bits per heavy atom. The Morgan fingerprint density at radius 1 is 0.379 bits per heavy atom. The summed E-state index contributed by atoms with van der Waals surface area (Å²) in [5.41, 5.74) is -1.72. The van der Waals surface area contributed by atoms with E-state index in [0.29, 0.717) is 45.3 Å². The highest BCUT2D eigenvalue weighted by atomic mass is 16.6. The molecule has 0 fully saturated rings. The van der Waals surface area contributed by atoms with Crippen LogP contribution in [0.5, 0.6) is 0 Å². The predicted octanol–water partition coefficient (Wildman–Crippen LogP) is 5.93. The Bertz CT molecular complexity index is 2180. The molecule has 1 aromatic rings. The molecule has 1 rings (SSSR count). The molecule has 0 spiro atoms. The summed E-state index contributed by atoms with van der Waals surface area (Å²) in [5, 5.41) is 111. The molecular formula is C66H120O37. The van der Waals surface area contributed by atoms with Crippen molar-refractivity contribution < 1.29 is 181 Å². The van der Waals surface area contributed by atoms with Crippen molar-refractivity contribution in [1.29, 1.82) is 0 Å². The zero-order valence-corrected chi connectivity index (χ0v) is 62.8. The standard InChI is InChI=1S/C16H22O4.C12H20O7.C9H14O6.2C4H8O2.3C3H8O2.2C3H6O2.3C2H4O2/c1-3-5-11-19-15(17)13-9-7-8-10-14(13)16(18)20-12-6-4-2;1-4-17-9(13)7-12(16,11(15)19-6-3)8-10(14)18-5-2;1-6(10)13-4-9(15-8(3)12)5-14-7(2)11;2*1-2-3-4(5)6;5*1-2-3(4)5;3*1-2(3)4/h7-10H,3-6,11-12H2,1-2H3;16H,4-8H2,1-3H3;9H,4-5H2,1-3H3;2*2-3H2,1H3,(H,5,6);3*3-5H,2H2,1H3;2*2H2,1H3,(H,4,5);3*1H3,(H,3,4). The smallest absolute Gasteiger partial charge is 0.339 e. The summed E-state index contributed by atoms with van der Waals surface area (Å²) in [6.07, 6.45) is 1.86. The summed E-state index contributed by atoms with van der Waals surface area (Å²) >= 11 is 0. The molecular weight excluding hydrogens is 1380 g/mol. The first-order valence-electron chi connectivity index (χ1n) is 32.2. The van der Waals surface area contributed by atoms with Gasteiger partial charge in [0.2, 0.25) is 0 Å². The van der Waals surface area contributed by atoms with Crippen molar-refractivity contribution in [3.8, 4) is 0 Å². The predicted molar refractivity (Wildman–Crippen MR) is 366 cm³/mol. The number of carbonyl (C=O) groups is 15. The number of carboxylic acids is 7. The molecule has 14 N–H and O–H groups in total. The molecule has 103 heavy (non-hydrogen) atoms. The average Bonchev–Trinajstić information content (AvgIpc) is 0.848. The van der Waals surface area contributed by atoms with Crippen LogP contribution >= 0.6 is 0 Å². The van der Waals surface area contributed by atoms with Gasteiger partial charge >= 0.3 is 71.6 Å². The Balaban J connectivity index is -0.0000000921. The highest BCUT2D eigenvalue weighted by Crippen LogP contribution is 2.20. The lowest BCUT2D eigenvalue weighted by atomic mass is 9.95. The number of hydrogen-bond donors (Lipinski definition) is 14.